The first kappa shape index (κ1) is 10.6. The number of hydrogen-bond acceptors (Lipinski definition) is 1. The van der Waals surface area contributed by atoms with Crippen molar-refractivity contribution in [2.45, 2.75) is 40.5 Å². The van der Waals surface area contributed by atoms with E-state index in [0.717, 1.165) is 25.9 Å². The van der Waals surface area contributed by atoms with Crippen LogP contribution in [0.2, 0.25) is 0 Å². The average molecular weight is 183 g/mol. The van der Waals surface area contributed by atoms with Gasteiger partial charge in [0.2, 0.25) is 5.91 Å². The van der Waals surface area contributed by atoms with Crippen molar-refractivity contribution in [1.29, 1.82) is 0 Å². The highest BCUT2D eigenvalue weighted by molar-refractivity contribution is 5.77. The molecule has 1 heterocycles. The second-order valence-corrected chi connectivity index (χ2v) is 5.33. The second-order valence-electron chi connectivity index (χ2n) is 5.33. The number of likely N-dealkylation sites (tertiary alicyclic amines) is 1. The highest BCUT2D eigenvalue weighted by Gasteiger charge is 2.30. The molecule has 1 aliphatic heterocycles. The quantitative estimate of drug-likeness (QED) is 0.643. The van der Waals surface area contributed by atoms with Crippen LogP contribution in [0.3, 0.4) is 0 Å². The normalized spacial score (nSPS) is 22.5. The Hall–Kier alpha value is -0.530. The molecule has 0 N–H and O–H groups in total. The van der Waals surface area contributed by atoms with Crippen molar-refractivity contribution in [3.05, 3.63) is 0 Å². The molecule has 0 atom stereocenters. The Kier molecular flexibility index (Phi) is 2.99. The molecule has 0 unspecified atom stereocenters. The van der Waals surface area contributed by atoms with Crippen LogP contribution in [0.15, 0.2) is 0 Å². The lowest BCUT2D eigenvalue weighted by Crippen LogP contribution is -2.45. The second kappa shape index (κ2) is 3.69. The van der Waals surface area contributed by atoms with Crippen LogP contribution in [0.4, 0.5) is 0 Å². The molecule has 0 aromatic carbocycles. The van der Waals surface area contributed by atoms with Gasteiger partial charge in [-0.25, -0.2) is 0 Å². The number of carbonyl (C=O) groups excluding carboxylic acids is 1. The van der Waals surface area contributed by atoms with E-state index in [0.29, 0.717) is 17.2 Å². The molecule has 0 radical (unpaired) electrons. The van der Waals surface area contributed by atoms with Crippen LogP contribution in [0.1, 0.15) is 40.5 Å². The predicted molar refractivity (Wildman–Crippen MR) is 54.4 cm³/mol. The largest absolute Gasteiger partial charge is 0.342 e. The summed E-state index contributed by atoms with van der Waals surface area (Å²) in [5, 5.41) is 0. The van der Waals surface area contributed by atoms with Crippen LogP contribution in [0.25, 0.3) is 0 Å². The fraction of sp³-hybridized carbons (Fsp3) is 0.909. The molecule has 0 aromatic rings. The maximum Gasteiger partial charge on any atom is 0.222 e. The average Bonchev–Trinajstić information content (AvgIpc) is 1.95. The molecule has 13 heavy (non-hydrogen) atoms. The zero-order chi connectivity index (χ0) is 10.1. The van der Waals surface area contributed by atoms with E-state index in [-0.39, 0.29) is 0 Å². The number of nitrogens with zero attached hydrogens (tertiary/aromatic N) is 1. The highest BCUT2D eigenvalue weighted by atomic mass is 16.2. The minimum atomic E-state index is 0.322. The van der Waals surface area contributed by atoms with Crippen LogP contribution < -0.4 is 0 Å². The Balaban J connectivity index is 2.55. The van der Waals surface area contributed by atoms with Crippen molar-refractivity contribution in [2.75, 3.05) is 13.1 Å². The fourth-order valence-electron chi connectivity index (χ4n) is 1.89. The molecule has 0 aromatic heterocycles. The molecule has 1 amide bonds. The van der Waals surface area contributed by atoms with Crippen molar-refractivity contribution in [3.8, 4) is 0 Å². The number of rotatable bonds is 2. The third-order valence-electron chi connectivity index (χ3n) is 2.57. The maximum atomic E-state index is 11.5. The van der Waals surface area contributed by atoms with Crippen molar-refractivity contribution < 1.29 is 4.79 Å². The zero-order valence-corrected chi connectivity index (χ0v) is 9.26. The topological polar surface area (TPSA) is 20.3 Å². The molecule has 0 saturated carbocycles. The van der Waals surface area contributed by atoms with Crippen LogP contribution in [0.5, 0.6) is 0 Å². The van der Waals surface area contributed by atoms with Gasteiger partial charge in [-0.15, -0.1) is 0 Å². The van der Waals surface area contributed by atoms with E-state index >= 15 is 0 Å². The van der Waals surface area contributed by atoms with Crippen LogP contribution >= 0.6 is 0 Å². The summed E-state index contributed by atoms with van der Waals surface area (Å²) in [6.45, 7) is 10.7. The molecule has 2 heteroatoms. The molecule has 1 aliphatic rings. The summed E-state index contributed by atoms with van der Waals surface area (Å²) in [5.41, 5.74) is 0.322. The van der Waals surface area contributed by atoms with E-state index in [4.69, 9.17) is 0 Å². The summed E-state index contributed by atoms with van der Waals surface area (Å²) in [4.78, 5) is 13.6. The molecule has 2 nitrogen and oxygen atoms in total. The van der Waals surface area contributed by atoms with Gasteiger partial charge < -0.3 is 4.90 Å². The maximum absolute atomic E-state index is 11.5. The lowest BCUT2D eigenvalue weighted by atomic mass is 9.83. The first-order valence-corrected chi connectivity index (χ1v) is 5.18. The lowest BCUT2D eigenvalue weighted by Gasteiger charge is -2.38. The van der Waals surface area contributed by atoms with Gasteiger partial charge >= 0.3 is 0 Å². The standard InChI is InChI=1S/C11H21NO/c1-9(2)7-12-8-11(3,4)6-5-10(12)13/h9H,5-8H2,1-4H3. The van der Waals surface area contributed by atoms with Crippen molar-refractivity contribution in [1.82, 2.24) is 4.90 Å². The summed E-state index contributed by atoms with van der Waals surface area (Å²) < 4.78 is 0. The molecular formula is C11H21NO. The van der Waals surface area contributed by atoms with E-state index in [1.165, 1.54) is 0 Å². The predicted octanol–water partition coefficient (Wildman–Crippen LogP) is 2.29. The lowest BCUT2D eigenvalue weighted by molar-refractivity contribution is -0.137. The van der Waals surface area contributed by atoms with Crippen molar-refractivity contribution in [2.24, 2.45) is 11.3 Å². The number of amides is 1. The summed E-state index contributed by atoms with van der Waals surface area (Å²) in [5.74, 6) is 0.922. The SMILES string of the molecule is CC(C)CN1CC(C)(C)CCC1=O. The Morgan fingerprint density at radius 3 is 2.62 bits per heavy atom. The van der Waals surface area contributed by atoms with Gasteiger partial charge in [0.1, 0.15) is 0 Å². The molecule has 1 fully saturated rings. The number of hydrogen-bond donors (Lipinski definition) is 0. The van der Waals surface area contributed by atoms with Crippen molar-refractivity contribution in [3.63, 3.8) is 0 Å². The Morgan fingerprint density at radius 1 is 1.46 bits per heavy atom. The molecule has 0 bridgehead atoms. The van der Waals surface area contributed by atoms with E-state index in [9.17, 15) is 4.79 Å². The Morgan fingerprint density at radius 2 is 2.08 bits per heavy atom. The van der Waals surface area contributed by atoms with Gasteiger partial charge in [0.25, 0.3) is 0 Å². The first-order chi connectivity index (χ1) is 5.91. The molecule has 0 spiro atoms. The van der Waals surface area contributed by atoms with Gasteiger partial charge in [-0.1, -0.05) is 27.7 Å². The highest BCUT2D eigenvalue weighted by Crippen LogP contribution is 2.29. The van der Waals surface area contributed by atoms with E-state index in [1.807, 2.05) is 4.90 Å². The Bertz CT molecular complexity index is 196. The molecule has 1 saturated heterocycles. The Labute approximate surface area is 81.3 Å². The smallest absolute Gasteiger partial charge is 0.222 e. The summed E-state index contributed by atoms with van der Waals surface area (Å²) >= 11 is 0. The van der Waals surface area contributed by atoms with E-state index < -0.39 is 0 Å². The van der Waals surface area contributed by atoms with Crippen molar-refractivity contribution >= 4 is 5.91 Å². The van der Waals surface area contributed by atoms with Crippen LogP contribution in [-0.4, -0.2) is 23.9 Å². The van der Waals surface area contributed by atoms with Gasteiger partial charge in [-0.3, -0.25) is 4.79 Å². The molecule has 1 rings (SSSR count). The fourth-order valence-corrected chi connectivity index (χ4v) is 1.89. The molecule has 76 valence electrons. The third-order valence-corrected chi connectivity index (χ3v) is 2.57. The zero-order valence-electron chi connectivity index (χ0n) is 9.26. The van der Waals surface area contributed by atoms with Gasteiger partial charge in [0.15, 0.2) is 0 Å². The van der Waals surface area contributed by atoms with Gasteiger partial charge in [0.05, 0.1) is 0 Å². The van der Waals surface area contributed by atoms with E-state index in [2.05, 4.69) is 27.7 Å². The monoisotopic (exact) mass is 183 g/mol. The van der Waals surface area contributed by atoms with E-state index in [1.54, 1.807) is 0 Å². The number of carbonyl (C=O) groups is 1. The minimum absolute atomic E-state index is 0.322. The number of piperidine rings is 1. The van der Waals surface area contributed by atoms with Crippen LogP contribution in [-0.2, 0) is 4.79 Å². The van der Waals surface area contributed by atoms with Crippen LogP contribution in [0, 0.1) is 11.3 Å². The minimum Gasteiger partial charge on any atom is -0.342 e. The van der Waals surface area contributed by atoms with Gasteiger partial charge in [-0.2, -0.15) is 0 Å². The molecule has 0 aliphatic carbocycles. The van der Waals surface area contributed by atoms with Gasteiger partial charge in [-0.05, 0) is 17.8 Å². The summed E-state index contributed by atoms with van der Waals surface area (Å²) in [6, 6.07) is 0. The summed E-state index contributed by atoms with van der Waals surface area (Å²) in [6.07, 6.45) is 1.78. The summed E-state index contributed by atoms with van der Waals surface area (Å²) in [7, 11) is 0. The molecular weight excluding hydrogens is 162 g/mol. The van der Waals surface area contributed by atoms with Gasteiger partial charge in [0, 0.05) is 19.5 Å². The third kappa shape index (κ3) is 3.02. The first-order valence-electron chi connectivity index (χ1n) is 5.18.